The van der Waals surface area contributed by atoms with Gasteiger partial charge < -0.3 is 9.88 Å². The first-order chi connectivity index (χ1) is 11.0. The van der Waals surface area contributed by atoms with Crippen molar-refractivity contribution in [2.24, 2.45) is 0 Å². The number of carbonyl (C=O) groups excluding carboxylic acids is 1. The molecule has 0 aliphatic carbocycles. The fourth-order valence-electron chi connectivity index (χ4n) is 2.48. The molecule has 0 radical (unpaired) electrons. The molecule has 0 fully saturated rings. The number of nitrogens with one attached hydrogen (secondary N) is 1. The van der Waals surface area contributed by atoms with Gasteiger partial charge in [0.05, 0.1) is 10.2 Å². The van der Waals surface area contributed by atoms with E-state index < -0.39 is 0 Å². The van der Waals surface area contributed by atoms with Gasteiger partial charge in [-0.2, -0.15) is 0 Å². The van der Waals surface area contributed by atoms with E-state index in [-0.39, 0.29) is 11.7 Å². The van der Waals surface area contributed by atoms with Crippen LogP contribution in [0.5, 0.6) is 0 Å². The minimum absolute atomic E-state index is 0.140. The van der Waals surface area contributed by atoms with Crippen LogP contribution >= 0.6 is 11.3 Å². The van der Waals surface area contributed by atoms with Gasteiger partial charge >= 0.3 is 0 Å². The number of benzene rings is 1. The van der Waals surface area contributed by atoms with Gasteiger partial charge in [-0.1, -0.05) is 24.3 Å². The van der Waals surface area contributed by atoms with Crippen molar-refractivity contribution in [1.82, 2.24) is 9.88 Å². The third-order valence-electron chi connectivity index (χ3n) is 3.55. The molecule has 0 saturated heterocycles. The Morgan fingerprint density at radius 1 is 1.30 bits per heavy atom. The summed E-state index contributed by atoms with van der Waals surface area (Å²) >= 11 is 1.61. The lowest BCUT2D eigenvalue weighted by molar-refractivity contribution is 0.0942. The second-order valence-electron chi connectivity index (χ2n) is 5.55. The predicted octanol–water partition coefficient (Wildman–Crippen LogP) is 4.35. The van der Waals surface area contributed by atoms with Crippen molar-refractivity contribution in [3.63, 3.8) is 0 Å². The predicted molar refractivity (Wildman–Crippen MR) is 92.2 cm³/mol. The number of hydrogen-bond acceptors (Lipinski definition) is 2. The molecule has 2 aromatic heterocycles. The second-order valence-corrected chi connectivity index (χ2v) is 6.50. The zero-order chi connectivity index (χ0) is 16.4. The fraction of sp³-hybridized carbons (Fsp3) is 0.167. The Balaban J connectivity index is 1.81. The first-order valence-electron chi connectivity index (χ1n) is 7.28. The number of rotatable bonds is 5. The highest BCUT2D eigenvalue weighted by atomic mass is 32.1. The van der Waals surface area contributed by atoms with Crippen LogP contribution in [0.4, 0.5) is 4.39 Å². The first-order valence-corrected chi connectivity index (χ1v) is 8.16. The van der Waals surface area contributed by atoms with Gasteiger partial charge in [0, 0.05) is 13.1 Å². The number of amides is 1. The Kier molecular flexibility index (Phi) is 4.30. The van der Waals surface area contributed by atoms with E-state index >= 15 is 0 Å². The molecule has 3 aromatic rings. The molecule has 5 heteroatoms. The van der Waals surface area contributed by atoms with Crippen LogP contribution in [0.25, 0.3) is 10.2 Å². The Hall–Kier alpha value is -2.40. The zero-order valence-corrected chi connectivity index (χ0v) is 13.6. The number of nitrogens with zero attached hydrogens (tertiary/aromatic N) is 1. The van der Waals surface area contributed by atoms with Crippen molar-refractivity contribution in [3.8, 4) is 0 Å². The Labute approximate surface area is 138 Å². The Morgan fingerprint density at radius 2 is 2.04 bits per heavy atom. The zero-order valence-electron chi connectivity index (χ0n) is 12.8. The number of allylic oxidation sites excluding steroid dienone is 1. The lowest BCUT2D eigenvalue weighted by Crippen LogP contribution is -2.25. The van der Waals surface area contributed by atoms with Gasteiger partial charge in [-0.3, -0.25) is 4.79 Å². The molecule has 0 atom stereocenters. The molecule has 0 bridgehead atoms. The number of hydrogen-bond donors (Lipinski definition) is 1. The monoisotopic (exact) mass is 328 g/mol. The van der Waals surface area contributed by atoms with E-state index in [0.29, 0.717) is 18.8 Å². The summed E-state index contributed by atoms with van der Waals surface area (Å²) in [6, 6.07) is 10.0. The van der Waals surface area contributed by atoms with Crippen LogP contribution in [0.2, 0.25) is 0 Å². The van der Waals surface area contributed by atoms with Crippen molar-refractivity contribution in [1.29, 1.82) is 0 Å². The van der Waals surface area contributed by atoms with Gasteiger partial charge in [-0.15, -0.1) is 11.3 Å². The molecule has 0 aliphatic heterocycles. The van der Waals surface area contributed by atoms with E-state index in [1.54, 1.807) is 23.5 Å². The normalized spacial score (nSPS) is 10.9. The van der Waals surface area contributed by atoms with Crippen molar-refractivity contribution in [2.45, 2.75) is 20.0 Å². The topological polar surface area (TPSA) is 34.0 Å². The molecular formula is C18H17FN2OS. The van der Waals surface area contributed by atoms with Gasteiger partial charge in [0.1, 0.15) is 11.5 Å². The lowest BCUT2D eigenvalue weighted by atomic mass is 10.2. The average molecular weight is 328 g/mol. The summed E-state index contributed by atoms with van der Waals surface area (Å²) in [7, 11) is 0. The standard InChI is InChI=1S/C18H17FN2OS/c1-12(2)11-21-15-7-8-23-17(15)9-16(21)18(22)20-10-13-3-5-14(19)6-4-13/h3-9H,1,10-11H2,2H3,(H,20,22). The molecule has 3 rings (SSSR count). The summed E-state index contributed by atoms with van der Waals surface area (Å²) in [5.74, 6) is -0.422. The molecule has 118 valence electrons. The summed E-state index contributed by atoms with van der Waals surface area (Å²) in [5.41, 5.74) is 3.52. The molecule has 0 aliphatic rings. The van der Waals surface area contributed by atoms with Crippen LogP contribution in [0.15, 0.2) is 53.9 Å². The average Bonchev–Trinajstić information content (AvgIpc) is 3.09. The van der Waals surface area contributed by atoms with E-state index in [1.807, 2.05) is 29.0 Å². The van der Waals surface area contributed by atoms with Crippen LogP contribution in [-0.2, 0) is 13.1 Å². The van der Waals surface area contributed by atoms with Crippen molar-refractivity contribution in [3.05, 3.63) is 71.0 Å². The highest BCUT2D eigenvalue weighted by Gasteiger charge is 2.16. The summed E-state index contributed by atoms with van der Waals surface area (Å²) in [4.78, 5) is 12.5. The molecule has 1 aromatic carbocycles. The van der Waals surface area contributed by atoms with Gasteiger partial charge in [-0.25, -0.2) is 4.39 Å². The number of thiophene rings is 1. The first kappa shape index (κ1) is 15.5. The van der Waals surface area contributed by atoms with Crippen LogP contribution in [-0.4, -0.2) is 10.5 Å². The number of carbonyl (C=O) groups is 1. The smallest absolute Gasteiger partial charge is 0.268 e. The Morgan fingerprint density at radius 3 is 2.74 bits per heavy atom. The van der Waals surface area contributed by atoms with Crippen LogP contribution in [0.1, 0.15) is 23.0 Å². The maximum Gasteiger partial charge on any atom is 0.268 e. The molecule has 0 spiro atoms. The molecule has 2 heterocycles. The maximum atomic E-state index is 12.9. The molecule has 1 N–H and O–H groups in total. The van der Waals surface area contributed by atoms with Gasteiger partial charge in [0.2, 0.25) is 0 Å². The van der Waals surface area contributed by atoms with Gasteiger partial charge in [-0.05, 0) is 42.1 Å². The molecule has 0 unspecified atom stereocenters. The van der Waals surface area contributed by atoms with E-state index in [4.69, 9.17) is 0 Å². The largest absolute Gasteiger partial charge is 0.347 e. The lowest BCUT2D eigenvalue weighted by Gasteiger charge is -2.10. The van der Waals surface area contributed by atoms with E-state index in [1.165, 1.54) is 12.1 Å². The summed E-state index contributed by atoms with van der Waals surface area (Å²) < 4.78 is 16.0. The van der Waals surface area contributed by atoms with Crippen LogP contribution in [0, 0.1) is 5.82 Å². The number of aromatic nitrogens is 1. The van der Waals surface area contributed by atoms with Crippen LogP contribution < -0.4 is 5.32 Å². The van der Waals surface area contributed by atoms with Crippen LogP contribution in [0.3, 0.4) is 0 Å². The number of halogens is 1. The third kappa shape index (κ3) is 3.35. The number of fused-ring (bicyclic) bond motifs is 1. The maximum absolute atomic E-state index is 12.9. The SMILES string of the molecule is C=C(C)Cn1c(C(=O)NCc2ccc(F)cc2)cc2sccc21. The Bertz CT molecular complexity index is 861. The van der Waals surface area contributed by atoms with Crippen molar-refractivity contribution >= 4 is 27.5 Å². The molecule has 3 nitrogen and oxygen atoms in total. The van der Waals surface area contributed by atoms with Crippen molar-refractivity contribution in [2.75, 3.05) is 0 Å². The minimum atomic E-state index is -0.282. The molecule has 23 heavy (non-hydrogen) atoms. The molecule has 0 saturated carbocycles. The summed E-state index contributed by atoms with van der Waals surface area (Å²) in [5, 5.41) is 4.91. The summed E-state index contributed by atoms with van der Waals surface area (Å²) in [6.07, 6.45) is 0. The quantitative estimate of drug-likeness (QED) is 0.694. The fourth-order valence-corrected chi connectivity index (χ4v) is 3.30. The van der Waals surface area contributed by atoms with E-state index in [0.717, 1.165) is 21.4 Å². The van der Waals surface area contributed by atoms with E-state index in [9.17, 15) is 9.18 Å². The third-order valence-corrected chi connectivity index (χ3v) is 4.40. The molecular weight excluding hydrogens is 311 g/mol. The second kappa shape index (κ2) is 6.38. The summed E-state index contributed by atoms with van der Waals surface area (Å²) in [6.45, 7) is 6.86. The van der Waals surface area contributed by atoms with Crippen molar-refractivity contribution < 1.29 is 9.18 Å². The highest BCUT2D eigenvalue weighted by molar-refractivity contribution is 7.17. The van der Waals surface area contributed by atoms with Gasteiger partial charge in [0.15, 0.2) is 0 Å². The minimum Gasteiger partial charge on any atom is -0.347 e. The van der Waals surface area contributed by atoms with Gasteiger partial charge in [0.25, 0.3) is 5.91 Å². The highest BCUT2D eigenvalue weighted by Crippen LogP contribution is 2.26. The van der Waals surface area contributed by atoms with E-state index in [2.05, 4.69) is 11.9 Å². The molecule has 1 amide bonds.